The van der Waals surface area contributed by atoms with E-state index in [9.17, 15) is 14.9 Å². The lowest BCUT2D eigenvalue weighted by Crippen LogP contribution is -2.37. The number of likely N-dealkylation sites (N-methyl/N-ethyl adjacent to an activating group) is 1. The van der Waals surface area contributed by atoms with Crippen molar-refractivity contribution in [2.75, 3.05) is 11.9 Å². The zero-order valence-electron chi connectivity index (χ0n) is 9.93. The van der Waals surface area contributed by atoms with Gasteiger partial charge in [0.1, 0.15) is 12.2 Å². The average molecular weight is 241 g/mol. The fraction of sp³-hybridized carbons (Fsp3) is 0.556. The van der Waals surface area contributed by atoms with Crippen LogP contribution in [-0.2, 0) is 11.8 Å². The summed E-state index contributed by atoms with van der Waals surface area (Å²) in [7, 11) is 1.58. The van der Waals surface area contributed by atoms with Crippen molar-refractivity contribution in [2.45, 2.75) is 19.9 Å². The second kappa shape index (κ2) is 5.28. The number of nitro groups is 1. The first kappa shape index (κ1) is 12.9. The molecule has 0 fully saturated rings. The number of carbonyl (C=O) groups is 1. The number of hydrogen-bond acceptors (Lipinski definition) is 5. The van der Waals surface area contributed by atoms with E-state index >= 15 is 0 Å². The number of aryl methyl sites for hydroxylation is 1. The van der Waals surface area contributed by atoms with Crippen LogP contribution in [0.4, 0.5) is 11.5 Å². The molecule has 2 N–H and O–H groups in total. The minimum absolute atomic E-state index is 0.0938. The first-order valence-corrected chi connectivity index (χ1v) is 5.18. The molecule has 1 atom stereocenters. The molecule has 0 radical (unpaired) electrons. The maximum atomic E-state index is 11.5. The van der Waals surface area contributed by atoms with E-state index in [2.05, 4.69) is 15.7 Å². The summed E-state index contributed by atoms with van der Waals surface area (Å²) in [6.45, 7) is 3.92. The van der Waals surface area contributed by atoms with Crippen molar-refractivity contribution < 1.29 is 9.72 Å². The van der Waals surface area contributed by atoms with Gasteiger partial charge < -0.3 is 10.6 Å². The smallest absolute Gasteiger partial charge is 0.330 e. The molecule has 17 heavy (non-hydrogen) atoms. The summed E-state index contributed by atoms with van der Waals surface area (Å²) in [5.41, 5.74) is -0.149. The number of nitrogens with one attached hydrogen (secondary N) is 2. The quantitative estimate of drug-likeness (QED) is 0.568. The minimum Gasteiger partial charge on any atom is -0.355 e. The van der Waals surface area contributed by atoms with E-state index in [4.69, 9.17) is 0 Å². The number of amides is 1. The SMILES string of the molecule is CCNC(=O)C(C)Nc1nn(C)cc1[N+](=O)[O-]. The molecule has 0 spiro atoms. The number of rotatable bonds is 5. The maximum absolute atomic E-state index is 11.5. The predicted octanol–water partition coefficient (Wildman–Crippen LogP) is 0.265. The zero-order valence-corrected chi connectivity index (χ0v) is 9.93. The Hall–Kier alpha value is -2.12. The van der Waals surface area contributed by atoms with Crippen LogP contribution < -0.4 is 10.6 Å². The molecule has 0 aliphatic heterocycles. The molecule has 1 aromatic heterocycles. The second-order valence-corrected chi connectivity index (χ2v) is 3.55. The fourth-order valence-electron chi connectivity index (χ4n) is 1.31. The van der Waals surface area contributed by atoms with E-state index in [0.717, 1.165) is 0 Å². The summed E-state index contributed by atoms with van der Waals surface area (Å²) < 4.78 is 1.32. The minimum atomic E-state index is -0.580. The van der Waals surface area contributed by atoms with Crippen LogP contribution in [0.2, 0.25) is 0 Å². The topological polar surface area (TPSA) is 102 Å². The van der Waals surface area contributed by atoms with Gasteiger partial charge >= 0.3 is 5.69 Å². The molecule has 94 valence electrons. The van der Waals surface area contributed by atoms with Crippen LogP contribution in [0.5, 0.6) is 0 Å². The molecule has 0 saturated carbocycles. The Labute approximate surface area is 98.1 Å². The first-order valence-electron chi connectivity index (χ1n) is 5.18. The zero-order chi connectivity index (χ0) is 13.0. The van der Waals surface area contributed by atoms with Gasteiger partial charge in [-0.1, -0.05) is 0 Å². The van der Waals surface area contributed by atoms with Gasteiger partial charge in [-0.05, 0) is 13.8 Å². The van der Waals surface area contributed by atoms with Gasteiger partial charge in [-0.15, -0.1) is 5.10 Å². The van der Waals surface area contributed by atoms with Crippen LogP contribution in [-0.4, -0.2) is 33.2 Å². The lowest BCUT2D eigenvalue weighted by Gasteiger charge is -2.11. The molecule has 1 aromatic rings. The summed E-state index contributed by atoms with van der Waals surface area (Å²) in [6, 6.07) is -0.580. The van der Waals surface area contributed by atoms with E-state index < -0.39 is 11.0 Å². The van der Waals surface area contributed by atoms with E-state index in [1.165, 1.54) is 10.9 Å². The molecule has 0 bridgehead atoms. The molecule has 8 nitrogen and oxygen atoms in total. The summed E-state index contributed by atoms with van der Waals surface area (Å²) in [4.78, 5) is 21.6. The molecule has 1 amide bonds. The van der Waals surface area contributed by atoms with Crippen LogP contribution in [0, 0.1) is 10.1 Å². The molecule has 0 aliphatic rings. The van der Waals surface area contributed by atoms with Crippen molar-refractivity contribution in [1.29, 1.82) is 0 Å². The third-order valence-corrected chi connectivity index (χ3v) is 2.10. The summed E-state index contributed by atoms with van der Waals surface area (Å²) in [6.07, 6.45) is 1.28. The number of nitrogens with zero attached hydrogens (tertiary/aromatic N) is 3. The molecule has 0 aromatic carbocycles. The van der Waals surface area contributed by atoms with E-state index in [0.29, 0.717) is 6.54 Å². The van der Waals surface area contributed by atoms with Gasteiger partial charge in [-0.2, -0.15) is 0 Å². The highest BCUT2D eigenvalue weighted by molar-refractivity contribution is 5.84. The van der Waals surface area contributed by atoms with Gasteiger partial charge in [0.25, 0.3) is 0 Å². The van der Waals surface area contributed by atoms with Gasteiger partial charge in [0.15, 0.2) is 0 Å². The predicted molar refractivity (Wildman–Crippen MR) is 61.6 cm³/mol. The number of carbonyl (C=O) groups excluding carboxylic acids is 1. The Morgan fingerprint density at radius 1 is 1.71 bits per heavy atom. The lowest BCUT2D eigenvalue weighted by molar-refractivity contribution is -0.384. The Morgan fingerprint density at radius 2 is 2.35 bits per heavy atom. The average Bonchev–Trinajstić information content (AvgIpc) is 2.60. The Kier molecular flexibility index (Phi) is 4.02. The third-order valence-electron chi connectivity index (χ3n) is 2.10. The number of anilines is 1. The lowest BCUT2D eigenvalue weighted by atomic mass is 10.3. The highest BCUT2D eigenvalue weighted by Crippen LogP contribution is 2.21. The van der Waals surface area contributed by atoms with E-state index in [1.54, 1.807) is 20.9 Å². The van der Waals surface area contributed by atoms with Crippen molar-refractivity contribution >= 4 is 17.4 Å². The van der Waals surface area contributed by atoms with Crippen molar-refractivity contribution in [1.82, 2.24) is 15.1 Å². The second-order valence-electron chi connectivity index (χ2n) is 3.55. The molecule has 0 aliphatic carbocycles. The Morgan fingerprint density at radius 3 is 2.88 bits per heavy atom. The monoisotopic (exact) mass is 241 g/mol. The molecule has 0 saturated heterocycles. The van der Waals surface area contributed by atoms with Gasteiger partial charge in [0, 0.05) is 13.6 Å². The van der Waals surface area contributed by atoms with Crippen molar-refractivity contribution in [2.24, 2.45) is 7.05 Å². The largest absolute Gasteiger partial charge is 0.355 e. The summed E-state index contributed by atoms with van der Waals surface area (Å²) >= 11 is 0. The van der Waals surface area contributed by atoms with Gasteiger partial charge in [0.05, 0.1) is 4.92 Å². The molecular weight excluding hydrogens is 226 g/mol. The summed E-state index contributed by atoms with van der Waals surface area (Å²) in [5.74, 6) is -0.135. The standard InChI is InChI=1S/C9H15N5O3/c1-4-10-9(15)6(2)11-8-7(14(16)17)5-13(3)12-8/h5-6H,4H2,1-3H3,(H,10,15)(H,11,12). The molecule has 1 rings (SSSR count). The molecule has 8 heteroatoms. The normalized spacial score (nSPS) is 11.9. The highest BCUT2D eigenvalue weighted by atomic mass is 16.6. The summed E-state index contributed by atoms with van der Waals surface area (Å²) in [5, 5.41) is 19.9. The van der Waals surface area contributed by atoms with Gasteiger partial charge in [-0.25, -0.2) is 0 Å². The van der Waals surface area contributed by atoms with Gasteiger partial charge in [0.2, 0.25) is 11.7 Å². The van der Waals surface area contributed by atoms with E-state index in [-0.39, 0.29) is 17.4 Å². The van der Waals surface area contributed by atoms with Crippen LogP contribution in [0.15, 0.2) is 6.20 Å². The fourth-order valence-corrected chi connectivity index (χ4v) is 1.31. The van der Waals surface area contributed by atoms with Crippen LogP contribution in [0.25, 0.3) is 0 Å². The highest BCUT2D eigenvalue weighted by Gasteiger charge is 2.22. The van der Waals surface area contributed by atoms with Crippen LogP contribution >= 0.6 is 0 Å². The molecule has 1 heterocycles. The van der Waals surface area contributed by atoms with Crippen molar-refractivity contribution in [3.8, 4) is 0 Å². The van der Waals surface area contributed by atoms with Crippen molar-refractivity contribution in [3.05, 3.63) is 16.3 Å². The Balaban J connectivity index is 2.80. The number of aromatic nitrogens is 2. The van der Waals surface area contributed by atoms with Crippen LogP contribution in [0.3, 0.4) is 0 Å². The van der Waals surface area contributed by atoms with E-state index in [1.807, 2.05) is 0 Å². The third kappa shape index (κ3) is 3.16. The Bertz CT molecular complexity index is 428. The molecular formula is C9H15N5O3. The van der Waals surface area contributed by atoms with Crippen molar-refractivity contribution in [3.63, 3.8) is 0 Å². The maximum Gasteiger partial charge on any atom is 0.330 e. The van der Waals surface area contributed by atoms with Gasteiger partial charge in [-0.3, -0.25) is 19.6 Å². The van der Waals surface area contributed by atoms with Crippen LogP contribution in [0.1, 0.15) is 13.8 Å². The first-order chi connectivity index (χ1) is 7.95. The molecule has 1 unspecified atom stereocenters. The number of hydrogen-bond donors (Lipinski definition) is 2.